The van der Waals surface area contributed by atoms with Gasteiger partial charge < -0.3 is 19.9 Å². The molecular weight excluding hydrogens is 608 g/mol. The quantitative estimate of drug-likeness (QED) is 0.232. The number of rotatable bonds is 12. The summed E-state index contributed by atoms with van der Waals surface area (Å²) in [6.45, 7) is 9.15. The van der Waals surface area contributed by atoms with Gasteiger partial charge in [-0.25, -0.2) is 9.36 Å². The van der Waals surface area contributed by atoms with Crippen LogP contribution < -0.4 is 21.3 Å². The maximum atomic E-state index is 14.7. The summed E-state index contributed by atoms with van der Waals surface area (Å²) >= 11 is 1.25. The molecule has 1 aliphatic carbocycles. The Morgan fingerprint density at radius 3 is 2.46 bits per heavy atom. The van der Waals surface area contributed by atoms with Gasteiger partial charge in [0.25, 0.3) is 5.56 Å². The fraction of sp³-hybridized carbons (Fsp3) is 0.545. The van der Waals surface area contributed by atoms with Crippen molar-refractivity contribution in [2.75, 3.05) is 7.11 Å². The average molecular weight is 653 g/mol. The highest BCUT2D eigenvalue weighted by atomic mass is 32.1. The molecule has 3 heterocycles. The number of para-hydroxylation sites is 1. The van der Waals surface area contributed by atoms with Crippen LogP contribution in [0.5, 0.6) is 5.75 Å². The molecule has 0 bridgehead atoms. The van der Waals surface area contributed by atoms with E-state index in [2.05, 4.69) is 15.5 Å². The minimum Gasteiger partial charge on any atom is -0.496 e. The monoisotopic (exact) mass is 652 g/mol. The number of carbonyl (C=O) groups is 1. The van der Waals surface area contributed by atoms with Crippen LogP contribution in [0.15, 0.2) is 46.2 Å². The Morgan fingerprint density at radius 1 is 1.15 bits per heavy atom. The molecule has 3 atom stereocenters. The number of amides is 1. The zero-order chi connectivity index (χ0) is 33.2. The van der Waals surface area contributed by atoms with Gasteiger partial charge in [-0.05, 0) is 65.4 Å². The van der Waals surface area contributed by atoms with Crippen LogP contribution in [0.25, 0.3) is 15.2 Å². The van der Waals surface area contributed by atoms with Crippen molar-refractivity contribution in [1.29, 1.82) is 0 Å². The summed E-state index contributed by atoms with van der Waals surface area (Å²) < 4.78 is 15.1. The second-order valence-corrected chi connectivity index (χ2v) is 13.2. The van der Waals surface area contributed by atoms with Gasteiger partial charge in [-0.2, -0.15) is 10.2 Å². The molecule has 0 spiro atoms. The summed E-state index contributed by atoms with van der Waals surface area (Å²) in [4.78, 5) is 44.8. The number of ether oxygens (including phenoxy) is 2. The topological polar surface area (TPSA) is 143 Å². The number of thiophene rings is 1. The molecule has 2 N–H and O–H groups in total. The van der Waals surface area contributed by atoms with E-state index < -0.39 is 28.8 Å². The van der Waals surface area contributed by atoms with Gasteiger partial charge in [-0.3, -0.25) is 14.2 Å². The molecule has 3 aromatic heterocycles. The number of nitrogens with one attached hydrogen (secondary N) is 1. The molecule has 1 saturated carbocycles. The van der Waals surface area contributed by atoms with Crippen molar-refractivity contribution >= 4 is 27.5 Å². The van der Waals surface area contributed by atoms with Crippen molar-refractivity contribution in [1.82, 2.24) is 29.4 Å². The van der Waals surface area contributed by atoms with Crippen LogP contribution in [0.1, 0.15) is 83.5 Å². The predicted molar refractivity (Wildman–Crippen MR) is 177 cm³/mol. The third-order valence-electron chi connectivity index (χ3n) is 9.28. The molecule has 1 amide bonds. The molecule has 46 heavy (non-hydrogen) atoms. The molecule has 0 radical (unpaired) electrons. The Labute approximate surface area is 272 Å². The Hall–Kier alpha value is -3.81. The highest BCUT2D eigenvalue weighted by Crippen LogP contribution is 2.36. The largest absolute Gasteiger partial charge is 0.496 e. The normalized spacial score (nSPS) is 19.5. The fourth-order valence-electron chi connectivity index (χ4n) is 6.07. The summed E-state index contributed by atoms with van der Waals surface area (Å²) in [6.07, 6.45) is 5.47. The van der Waals surface area contributed by atoms with E-state index in [0.29, 0.717) is 58.6 Å². The molecule has 12 nitrogen and oxygen atoms in total. The smallest absolute Gasteiger partial charge is 0.333 e. The zero-order valence-electron chi connectivity index (χ0n) is 27.4. The van der Waals surface area contributed by atoms with E-state index in [4.69, 9.17) is 9.47 Å². The minimum atomic E-state index is -1.47. The van der Waals surface area contributed by atoms with Crippen LogP contribution in [0, 0.1) is 6.92 Å². The summed E-state index contributed by atoms with van der Waals surface area (Å²) in [6, 6.07) is 7.38. The minimum absolute atomic E-state index is 0.0494. The highest BCUT2D eigenvalue weighted by Gasteiger charge is 2.39. The highest BCUT2D eigenvalue weighted by molar-refractivity contribution is 7.21. The number of hydrogen-bond donors (Lipinski definition) is 2. The van der Waals surface area contributed by atoms with E-state index in [1.165, 1.54) is 16.1 Å². The number of aryl methyl sites for hydroxylation is 1. The molecule has 4 aromatic rings. The van der Waals surface area contributed by atoms with Gasteiger partial charge >= 0.3 is 5.69 Å². The molecule has 0 aliphatic heterocycles. The van der Waals surface area contributed by atoms with E-state index in [1.807, 2.05) is 45.0 Å². The Balaban J connectivity index is 1.75. The van der Waals surface area contributed by atoms with Crippen molar-refractivity contribution in [3.8, 4) is 10.8 Å². The van der Waals surface area contributed by atoms with Gasteiger partial charge in [0.15, 0.2) is 0 Å². The van der Waals surface area contributed by atoms with E-state index in [1.54, 1.807) is 37.9 Å². The lowest BCUT2D eigenvalue weighted by atomic mass is 9.94. The summed E-state index contributed by atoms with van der Waals surface area (Å²) in [5.74, 6) is 0.214. The molecule has 248 valence electrons. The molecule has 5 rings (SSSR count). The van der Waals surface area contributed by atoms with Crippen molar-refractivity contribution in [2.24, 2.45) is 0 Å². The summed E-state index contributed by atoms with van der Waals surface area (Å²) in [7, 11) is 1.59. The first kappa shape index (κ1) is 33.6. The van der Waals surface area contributed by atoms with Gasteiger partial charge in [0, 0.05) is 17.2 Å². The zero-order valence-corrected chi connectivity index (χ0v) is 28.2. The van der Waals surface area contributed by atoms with E-state index in [9.17, 15) is 19.5 Å². The van der Waals surface area contributed by atoms with Crippen LogP contribution >= 0.6 is 11.3 Å². The number of aliphatic hydroxyl groups is 1. The van der Waals surface area contributed by atoms with Gasteiger partial charge in [0.2, 0.25) is 5.91 Å². The average Bonchev–Trinajstić information content (AvgIpc) is 3.71. The Bertz CT molecular complexity index is 1790. The molecule has 13 heteroatoms. The molecule has 1 aliphatic rings. The summed E-state index contributed by atoms with van der Waals surface area (Å²) in [5, 5.41) is 22.6. The molecule has 1 fully saturated rings. The van der Waals surface area contributed by atoms with Crippen LogP contribution in [0.3, 0.4) is 0 Å². The summed E-state index contributed by atoms with van der Waals surface area (Å²) in [5.41, 5.74) is -1.25. The number of aromatic nitrogens is 5. The molecule has 1 aromatic carbocycles. The SMILES string of the molecule is CCC(C)NC(=O)C(C)(CC)n1c(=O)c2c(C)c(-n3nccn3)sc2n(C[C@H](OC2CCC(O)CC2)c2ccccc2OC)c1=O. The van der Waals surface area contributed by atoms with Gasteiger partial charge in [-0.15, -0.1) is 4.80 Å². The Morgan fingerprint density at radius 2 is 1.83 bits per heavy atom. The van der Waals surface area contributed by atoms with Crippen molar-refractivity contribution in [3.63, 3.8) is 0 Å². The predicted octanol–water partition coefficient (Wildman–Crippen LogP) is 4.22. The number of aliphatic hydroxyl groups excluding tert-OH is 1. The van der Waals surface area contributed by atoms with Gasteiger partial charge in [-0.1, -0.05) is 43.4 Å². The second kappa shape index (κ2) is 13.9. The Kier molecular flexibility index (Phi) is 10.1. The first-order chi connectivity index (χ1) is 22.0. The van der Waals surface area contributed by atoms with Crippen LogP contribution in [0.2, 0.25) is 0 Å². The first-order valence-electron chi connectivity index (χ1n) is 16.0. The van der Waals surface area contributed by atoms with Crippen LogP contribution in [-0.2, 0) is 21.6 Å². The number of methoxy groups -OCH3 is 1. The lowest BCUT2D eigenvalue weighted by Crippen LogP contribution is -2.58. The second-order valence-electron chi connectivity index (χ2n) is 12.3. The maximum Gasteiger partial charge on any atom is 0.333 e. The van der Waals surface area contributed by atoms with Crippen molar-refractivity contribution in [2.45, 2.75) is 110 Å². The van der Waals surface area contributed by atoms with Gasteiger partial charge in [0.1, 0.15) is 27.2 Å². The fourth-order valence-corrected chi connectivity index (χ4v) is 7.29. The number of benzene rings is 1. The molecular formula is C33H44N6O6S. The van der Waals surface area contributed by atoms with Crippen LogP contribution in [-0.4, -0.2) is 60.5 Å². The molecule has 0 saturated heterocycles. The van der Waals surface area contributed by atoms with Crippen LogP contribution in [0.4, 0.5) is 0 Å². The van der Waals surface area contributed by atoms with E-state index >= 15 is 0 Å². The third kappa shape index (κ3) is 6.27. The third-order valence-corrected chi connectivity index (χ3v) is 10.6. The number of carbonyl (C=O) groups excluding carboxylic acids is 1. The number of nitrogens with zero attached hydrogens (tertiary/aromatic N) is 5. The van der Waals surface area contributed by atoms with Gasteiger partial charge in [0.05, 0.1) is 43.6 Å². The maximum absolute atomic E-state index is 14.7. The molecule has 2 unspecified atom stereocenters. The lowest BCUT2D eigenvalue weighted by molar-refractivity contribution is -0.130. The lowest BCUT2D eigenvalue weighted by Gasteiger charge is -2.32. The standard InChI is InChI=1S/C33H44N6O6S/c1-7-20(3)36-31(42)33(5,8-2)38-28(41)27-21(4)29(39-34-17-18-35-39)46-30(27)37(32(38)43)19-26(24-11-9-10-12-25(24)44-6)45-23-15-13-22(40)14-16-23/h9-12,17-18,20,22-23,26,40H,7-8,13-16,19H2,1-6H3,(H,36,42)/t20?,22?,23?,26-,33?/m0/s1. The van der Waals surface area contributed by atoms with Crippen molar-refractivity contribution in [3.05, 3.63) is 68.6 Å². The number of fused-ring (bicyclic) bond motifs is 1. The first-order valence-corrected chi connectivity index (χ1v) is 16.8. The number of hydrogen-bond acceptors (Lipinski definition) is 9. The van der Waals surface area contributed by atoms with Crippen molar-refractivity contribution < 1.29 is 19.4 Å². The van der Waals surface area contributed by atoms with E-state index in [0.717, 1.165) is 10.1 Å². The van der Waals surface area contributed by atoms with E-state index in [-0.39, 0.29) is 31.2 Å².